The highest BCUT2D eigenvalue weighted by Gasteiger charge is 2.32. The molecule has 0 radical (unpaired) electrons. The number of rotatable bonds is 3. The molecule has 6 heteroatoms. The molecule has 22 heavy (non-hydrogen) atoms. The lowest BCUT2D eigenvalue weighted by atomic mass is 9.91. The third-order valence-electron chi connectivity index (χ3n) is 4.21. The van der Waals surface area contributed by atoms with Crippen molar-refractivity contribution in [1.82, 2.24) is 4.90 Å². The molecule has 2 aliphatic heterocycles. The number of benzene rings is 1. The zero-order valence-electron chi connectivity index (χ0n) is 12.3. The maximum Gasteiger partial charge on any atom is 0.573 e. The normalized spacial score (nSPS) is 25.7. The molecule has 2 aliphatic rings. The average molecular weight is 313 g/mol. The highest BCUT2D eigenvalue weighted by molar-refractivity contribution is 5.31. The van der Waals surface area contributed by atoms with E-state index in [1.165, 1.54) is 17.7 Å². The smallest absolute Gasteiger partial charge is 0.406 e. The highest BCUT2D eigenvalue weighted by atomic mass is 19.4. The number of alkyl halides is 3. The molecule has 0 amide bonds. The molecule has 1 saturated heterocycles. The molecule has 3 nitrogen and oxygen atoms in total. The summed E-state index contributed by atoms with van der Waals surface area (Å²) in [5.41, 5.74) is 2.31. The maximum atomic E-state index is 12.1. The third-order valence-corrected chi connectivity index (χ3v) is 4.21. The third kappa shape index (κ3) is 3.62. The van der Waals surface area contributed by atoms with Gasteiger partial charge >= 0.3 is 6.36 Å². The van der Waals surface area contributed by atoms with Crippen LogP contribution in [0.4, 0.5) is 13.2 Å². The first-order valence-corrected chi connectivity index (χ1v) is 7.24. The Balaban J connectivity index is 1.66. The van der Waals surface area contributed by atoms with Crippen LogP contribution in [0.1, 0.15) is 12.0 Å². The molecule has 2 atom stereocenters. The Morgan fingerprint density at radius 2 is 1.95 bits per heavy atom. The van der Waals surface area contributed by atoms with Gasteiger partial charge in [-0.2, -0.15) is 0 Å². The summed E-state index contributed by atoms with van der Waals surface area (Å²) in [7, 11) is 2.11. The van der Waals surface area contributed by atoms with E-state index in [0.717, 1.165) is 25.0 Å². The Morgan fingerprint density at radius 1 is 1.23 bits per heavy atom. The van der Waals surface area contributed by atoms with Gasteiger partial charge in [0.25, 0.3) is 0 Å². The number of ether oxygens (including phenoxy) is 2. The molecule has 2 heterocycles. The number of morpholine rings is 1. The van der Waals surface area contributed by atoms with Crippen LogP contribution in [-0.4, -0.2) is 43.6 Å². The van der Waals surface area contributed by atoms with Gasteiger partial charge in [-0.3, -0.25) is 4.90 Å². The molecule has 3 rings (SSSR count). The molecule has 1 aromatic carbocycles. The van der Waals surface area contributed by atoms with Crippen molar-refractivity contribution in [3.8, 4) is 5.75 Å². The first-order chi connectivity index (χ1) is 10.4. The Kier molecular flexibility index (Phi) is 4.14. The van der Waals surface area contributed by atoms with Crippen molar-refractivity contribution in [2.75, 3.05) is 20.3 Å². The summed E-state index contributed by atoms with van der Waals surface area (Å²) in [4.78, 5) is 2.33. The zero-order valence-corrected chi connectivity index (χ0v) is 12.3. The second-order valence-corrected chi connectivity index (χ2v) is 5.82. The monoisotopic (exact) mass is 313 g/mol. The SMILES string of the molecule is CN1C2C=C(Cc3ccc(OC(F)(F)F)cc3)CC1COC2. The first kappa shape index (κ1) is 15.4. The summed E-state index contributed by atoms with van der Waals surface area (Å²) in [6.07, 6.45) is -0.730. The number of fused-ring (bicyclic) bond motifs is 2. The van der Waals surface area contributed by atoms with E-state index in [-0.39, 0.29) is 5.75 Å². The summed E-state index contributed by atoms with van der Waals surface area (Å²) >= 11 is 0. The van der Waals surface area contributed by atoms with E-state index < -0.39 is 6.36 Å². The fraction of sp³-hybridized carbons (Fsp3) is 0.500. The maximum absolute atomic E-state index is 12.1. The van der Waals surface area contributed by atoms with Crippen molar-refractivity contribution in [1.29, 1.82) is 0 Å². The Hall–Kier alpha value is -1.53. The lowest BCUT2D eigenvalue weighted by Crippen LogP contribution is -2.51. The molecule has 0 aromatic heterocycles. The fourth-order valence-electron chi connectivity index (χ4n) is 3.04. The minimum absolute atomic E-state index is 0.182. The highest BCUT2D eigenvalue weighted by Crippen LogP contribution is 2.28. The van der Waals surface area contributed by atoms with Crippen LogP contribution in [0.2, 0.25) is 0 Å². The van der Waals surface area contributed by atoms with Gasteiger partial charge in [0, 0.05) is 6.04 Å². The fourth-order valence-corrected chi connectivity index (χ4v) is 3.04. The van der Waals surface area contributed by atoms with E-state index in [4.69, 9.17) is 4.74 Å². The molecule has 1 fully saturated rings. The molecule has 0 saturated carbocycles. The number of hydrogen-bond donors (Lipinski definition) is 0. The van der Waals surface area contributed by atoms with Gasteiger partial charge in [0.1, 0.15) is 5.75 Å². The number of nitrogens with zero attached hydrogens (tertiary/aromatic N) is 1. The van der Waals surface area contributed by atoms with E-state index >= 15 is 0 Å². The van der Waals surface area contributed by atoms with Crippen molar-refractivity contribution < 1.29 is 22.6 Å². The zero-order chi connectivity index (χ0) is 15.7. The molecular weight excluding hydrogens is 295 g/mol. The predicted molar refractivity (Wildman–Crippen MR) is 75.7 cm³/mol. The standard InChI is InChI=1S/C16H18F3NO2/c1-20-13-7-12(8-14(20)10-21-9-13)6-11-2-4-15(5-3-11)22-16(17,18)19/h2-5,7,13-14H,6,8-10H2,1H3. The van der Waals surface area contributed by atoms with Crippen LogP contribution in [0.15, 0.2) is 35.9 Å². The van der Waals surface area contributed by atoms with Crippen molar-refractivity contribution >= 4 is 0 Å². The largest absolute Gasteiger partial charge is 0.573 e. The summed E-state index contributed by atoms with van der Waals surface area (Å²) in [5.74, 6) is -0.182. The van der Waals surface area contributed by atoms with E-state index in [9.17, 15) is 13.2 Å². The van der Waals surface area contributed by atoms with Gasteiger partial charge in [0.2, 0.25) is 0 Å². The van der Waals surface area contributed by atoms with Crippen molar-refractivity contribution in [2.24, 2.45) is 0 Å². The van der Waals surface area contributed by atoms with Crippen LogP contribution in [0, 0.1) is 0 Å². The van der Waals surface area contributed by atoms with Crippen LogP contribution in [0.3, 0.4) is 0 Å². The molecular formula is C16H18F3NO2. The second-order valence-electron chi connectivity index (χ2n) is 5.82. The van der Waals surface area contributed by atoms with Crippen LogP contribution >= 0.6 is 0 Å². The summed E-state index contributed by atoms with van der Waals surface area (Å²) < 4.78 is 45.8. The molecule has 0 N–H and O–H groups in total. The van der Waals surface area contributed by atoms with Gasteiger partial charge < -0.3 is 9.47 Å². The van der Waals surface area contributed by atoms with Crippen molar-refractivity contribution in [2.45, 2.75) is 31.3 Å². The number of likely N-dealkylation sites (N-methyl/N-ethyl adjacent to an activating group) is 1. The van der Waals surface area contributed by atoms with E-state index in [1.807, 2.05) is 0 Å². The molecule has 0 spiro atoms. The second kappa shape index (κ2) is 5.93. The van der Waals surface area contributed by atoms with E-state index in [0.29, 0.717) is 18.7 Å². The van der Waals surface area contributed by atoms with Gasteiger partial charge in [0.05, 0.1) is 19.3 Å². The Morgan fingerprint density at radius 3 is 2.59 bits per heavy atom. The Bertz CT molecular complexity index is 554. The molecule has 1 aromatic rings. The van der Waals surface area contributed by atoms with Gasteiger partial charge in [-0.05, 0) is 37.6 Å². The van der Waals surface area contributed by atoms with Crippen LogP contribution in [0.5, 0.6) is 5.75 Å². The van der Waals surface area contributed by atoms with Crippen LogP contribution < -0.4 is 4.74 Å². The lowest BCUT2D eigenvalue weighted by Gasteiger charge is -2.42. The first-order valence-electron chi connectivity index (χ1n) is 7.24. The minimum Gasteiger partial charge on any atom is -0.406 e. The lowest BCUT2D eigenvalue weighted by molar-refractivity contribution is -0.274. The quantitative estimate of drug-likeness (QED) is 0.800. The van der Waals surface area contributed by atoms with E-state index in [2.05, 4.69) is 22.8 Å². The minimum atomic E-state index is -4.64. The van der Waals surface area contributed by atoms with Crippen LogP contribution in [0.25, 0.3) is 0 Å². The van der Waals surface area contributed by atoms with Gasteiger partial charge in [-0.25, -0.2) is 0 Å². The summed E-state index contributed by atoms with van der Waals surface area (Å²) in [5, 5.41) is 0. The predicted octanol–water partition coefficient (Wildman–Crippen LogP) is 3.16. The number of hydrogen-bond acceptors (Lipinski definition) is 3. The average Bonchev–Trinajstić information content (AvgIpc) is 2.40. The van der Waals surface area contributed by atoms with Gasteiger partial charge in [0.15, 0.2) is 0 Å². The summed E-state index contributed by atoms with van der Waals surface area (Å²) in [6.45, 7) is 1.44. The molecule has 0 aliphatic carbocycles. The van der Waals surface area contributed by atoms with Crippen molar-refractivity contribution in [3.63, 3.8) is 0 Å². The van der Waals surface area contributed by atoms with Crippen LogP contribution in [-0.2, 0) is 11.2 Å². The Labute approximate surface area is 127 Å². The van der Waals surface area contributed by atoms with Crippen molar-refractivity contribution in [3.05, 3.63) is 41.5 Å². The summed E-state index contributed by atoms with van der Waals surface area (Å²) in [6, 6.07) is 6.80. The molecule has 2 unspecified atom stereocenters. The van der Waals surface area contributed by atoms with Gasteiger partial charge in [-0.15, -0.1) is 13.2 Å². The number of halogens is 3. The molecule has 120 valence electrons. The van der Waals surface area contributed by atoms with Gasteiger partial charge in [-0.1, -0.05) is 23.8 Å². The van der Waals surface area contributed by atoms with E-state index in [1.54, 1.807) is 12.1 Å². The molecule has 2 bridgehead atoms. The topological polar surface area (TPSA) is 21.7 Å².